The van der Waals surface area contributed by atoms with Gasteiger partial charge in [-0.15, -0.1) is 0 Å². The standard InChI is InChI=1S/C25H31N5O2/c1-4-29-23(26-30(25(29)32)18-19-9-6-5-7-10-19)20-13-15-28(16-14-20)24(31)21-11-8-12-22(17-21)27(2)3/h5-12,17,20H,4,13-16,18H2,1-3H3. The summed E-state index contributed by atoms with van der Waals surface area (Å²) in [5.74, 6) is 1.08. The Morgan fingerprint density at radius 2 is 1.78 bits per heavy atom. The molecule has 0 atom stereocenters. The van der Waals surface area contributed by atoms with Crippen molar-refractivity contribution in [2.24, 2.45) is 0 Å². The van der Waals surface area contributed by atoms with E-state index in [0.717, 1.165) is 29.9 Å². The molecule has 1 fully saturated rings. The highest BCUT2D eigenvalue weighted by Crippen LogP contribution is 2.27. The van der Waals surface area contributed by atoms with E-state index in [-0.39, 0.29) is 17.5 Å². The van der Waals surface area contributed by atoms with Crippen LogP contribution in [-0.2, 0) is 13.1 Å². The molecule has 168 valence electrons. The molecule has 0 bridgehead atoms. The molecule has 0 unspecified atom stereocenters. The summed E-state index contributed by atoms with van der Waals surface area (Å²) in [5.41, 5.74) is 2.72. The lowest BCUT2D eigenvalue weighted by Crippen LogP contribution is -2.38. The first kappa shape index (κ1) is 21.9. The van der Waals surface area contributed by atoms with E-state index in [1.807, 2.05) is 85.4 Å². The molecule has 4 rings (SSSR count). The summed E-state index contributed by atoms with van der Waals surface area (Å²) in [4.78, 5) is 29.9. The van der Waals surface area contributed by atoms with Crippen LogP contribution in [-0.4, -0.2) is 52.3 Å². The fourth-order valence-corrected chi connectivity index (χ4v) is 4.36. The van der Waals surface area contributed by atoms with Gasteiger partial charge in [-0.3, -0.25) is 9.36 Å². The normalized spacial score (nSPS) is 14.5. The lowest BCUT2D eigenvalue weighted by molar-refractivity contribution is 0.0710. The zero-order valence-corrected chi connectivity index (χ0v) is 19.1. The summed E-state index contributed by atoms with van der Waals surface area (Å²) in [6.07, 6.45) is 1.61. The molecule has 1 amide bonds. The SMILES string of the molecule is CCn1c(C2CCN(C(=O)c3cccc(N(C)C)c3)CC2)nn(Cc2ccccc2)c1=O. The van der Waals surface area contributed by atoms with Gasteiger partial charge < -0.3 is 9.80 Å². The fourth-order valence-electron chi connectivity index (χ4n) is 4.36. The highest BCUT2D eigenvalue weighted by molar-refractivity contribution is 5.95. The van der Waals surface area contributed by atoms with Crippen molar-refractivity contribution >= 4 is 11.6 Å². The van der Waals surface area contributed by atoms with Gasteiger partial charge in [0.25, 0.3) is 5.91 Å². The minimum atomic E-state index is -0.0645. The highest BCUT2D eigenvalue weighted by Gasteiger charge is 2.29. The lowest BCUT2D eigenvalue weighted by Gasteiger charge is -2.31. The minimum absolute atomic E-state index is 0.0645. The van der Waals surface area contributed by atoms with E-state index in [4.69, 9.17) is 5.10 Å². The number of carbonyl (C=O) groups is 1. The Hall–Kier alpha value is -3.35. The summed E-state index contributed by atoms with van der Waals surface area (Å²) in [7, 11) is 3.94. The molecule has 0 aliphatic carbocycles. The Kier molecular flexibility index (Phi) is 6.44. The predicted molar refractivity (Wildman–Crippen MR) is 126 cm³/mol. The first-order valence-electron chi connectivity index (χ1n) is 11.3. The third-order valence-corrected chi connectivity index (χ3v) is 6.20. The number of benzene rings is 2. The Bertz CT molecular complexity index is 1120. The third kappa shape index (κ3) is 4.47. The van der Waals surface area contributed by atoms with Crippen LogP contribution in [0.4, 0.5) is 5.69 Å². The van der Waals surface area contributed by atoms with Crippen LogP contribution in [0.5, 0.6) is 0 Å². The smallest absolute Gasteiger partial charge is 0.346 e. The van der Waals surface area contributed by atoms with Crippen LogP contribution in [0.1, 0.15) is 47.4 Å². The summed E-state index contributed by atoms with van der Waals surface area (Å²) < 4.78 is 3.35. The first-order valence-corrected chi connectivity index (χ1v) is 11.3. The molecule has 1 aromatic heterocycles. The maximum Gasteiger partial charge on any atom is 0.346 e. The Balaban J connectivity index is 1.47. The first-order chi connectivity index (χ1) is 15.5. The summed E-state index contributed by atoms with van der Waals surface area (Å²) >= 11 is 0. The molecular formula is C25H31N5O2. The van der Waals surface area contributed by atoms with E-state index in [1.165, 1.54) is 0 Å². The summed E-state index contributed by atoms with van der Waals surface area (Å²) in [6.45, 7) is 4.38. The fraction of sp³-hybridized carbons (Fsp3) is 0.400. The Morgan fingerprint density at radius 1 is 1.06 bits per heavy atom. The van der Waals surface area contributed by atoms with Gasteiger partial charge in [-0.2, -0.15) is 5.10 Å². The quantitative estimate of drug-likeness (QED) is 0.599. The van der Waals surface area contributed by atoms with Crippen LogP contribution in [0.15, 0.2) is 59.4 Å². The molecule has 0 saturated carbocycles. The minimum Gasteiger partial charge on any atom is -0.378 e. The van der Waals surface area contributed by atoms with Crippen molar-refractivity contribution in [3.8, 4) is 0 Å². The van der Waals surface area contributed by atoms with Gasteiger partial charge in [0.1, 0.15) is 5.82 Å². The van der Waals surface area contributed by atoms with Crippen molar-refractivity contribution in [3.05, 3.63) is 82.0 Å². The predicted octanol–water partition coefficient (Wildman–Crippen LogP) is 3.20. The molecule has 2 heterocycles. The Morgan fingerprint density at radius 3 is 2.44 bits per heavy atom. The van der Waals surface area contributed by atoms with Crippen molar-refractivity contribution in [3.63, 3.8) is 0 Å². The molecule has 32 heavy (non-hydrogen) atoms. The Labute approximate surface area is 188 Å². The molecule has 7 nitrogen and oxygen atoms in total. The number of carbonyl (C=O) groups excluding carboxylic acids is 1. The summed E-state index contributed by atoms with van der Waals surface area (Å²) in [6, 6.07) is 17.7. The lowest BCUT2D eigenvalue weighted by atomic mass is 9.95. The average molecular weight is 434 g/mol. The van der Waals surface area contributed by atoms with Crippen LogP contribution in [0.3, 0.4) is 0 Å². The summed E-state index contributed by atoms with van der Waals surface area (Å²) in [5, 5.41) is 4.72. The molecule has 0 N–H and O–H groups in total. The van der Waals surface area contributed by atoms with Gasteiger partial charge in [0.2, 0.25) is 0 Å². The van der Waals surface area contributed by atoms with Crippen molar-refractivity contribution < 1.29 is 4.79 Å². The third-order valence-electron chi connectivity index (χ3n) is 6.20. The van der Waals surface area contributed by atoms with Crippen molar-refractivity contribution in [2.45, 2.75) is 38.8 Å². The molecule has 1 aliphatic heterocycles. The second-order valence-corrected chi connectivity index (χ2v) is 8.54. The van der Waals surface area contributed by atoms with Crippen molar-refractivity contribution in [1.29, 1.82) is 0 Å². The monoisotopic (exact) mass is 433 g/mol. The second kappa shape index (κ2) is 9.42. The molecule has 0 radical (unpaired) electrons. The van der Waals surface area contributed by atoms with E-state index < -0.39 is 0 Å². The number of nitrogens with zero attached hydrogens (tertiary/aromatic N) is 5. The molecule has 0 spiro atoms. The van der Waals surface area contributed by atoms with E-state index in [2.05, 4.69) is 0 Å². The van der Waals surface area contributed by atoms with Crippen LogP contribution >= 0.6 is 0 Å². The van der Waals surface area contributed by atoms with Gasteiger partial charge in [-0.05, 0) is 43.5 Å². The van der Waals surface area contributed by atoms with Crippen LogP contribution in [0, 0.1) is 0 Å². The average Bonchev–Trinajstić information content (AvgIpc) is 3.14. The zero-order valence-electron chi connectivity index (χ0n) is 19.1. The number of rotatable bonds is 6. The van der Waals surface area contributed by atoms with E-state index in [1.54, 1.807) is 9.25 Å². The van der Waals surface area contributed by atoms with Crippen LogP contribution < -0.4 is 10.6 Å². The molecule has 1 aliphatic rings. The van der Waals surface area contributed by atoms with Gasteiger partial charge in [0, 0.05) is 50.9 Å². The topological polar surface area (TPSA) is 63.4 Å². The number of hydrogen-bond acceptors (Lipinski definition) is 4. The molecule has 1 saturated heterocycles. The number of piperidine rings is 1. The highest BCUT2D eigenvalue weighted by atomic mass is 16.2. The number of hydrogen-bond donors (Lipinski definition) is 0. The maximum atomic E-state index is 13.0. The van der Waals surface area contributed by atoms with E-state index in [9.17, 15) is 9.59 Å². The number of aromatic nitrogens is 3. The molecular weight excluding hydrogens is 402 g/mol. The van der Waals surface area contributed by atoms with Gasteiger partial charge >= 0.3 is 5.69 Å². The number of anilines is 1. The molecule has 7 heteroatoms. The van der Waals surface area contributed by atoms with E-state index in [0.29, 0.717) is 31.7 Å². The van der Waals surface area contributed by atoms with Gasteiger partial charge in [0.05, 0.1) is 6.54 Å². The van der Waals surface area contributed by atoms with Gasteiger partial charge in [-0.25, -0.2) is 9.48 Å². The van der Waals surface area contributed by atoms with Crippen LogP contribution in [0.25, 0.3) is 0 Å². The number of amides is 1. The van der Waals surface area contributed by atoms with E-state index >= 15 is 0 Å². The van der Waals surface area contributed by atoms with Gasteiger partial charge in [0.15, 0.2) is 0 Å². The van der Waals surface area contributed by atoms with Crippen molar-refractivity contribution in [1.82, 2.24) is 19.2 Å². The molecule has 2 aromatic carbocycles. The maximum absolute atomic E-state index is 13.0. The van der Waals surface area contributed by atoms with Gasteiger partial charge in [-0.1, -0.05) is 36.4 Å². The van der Waals surface area contributed by atoms with Crippen LogP contribution in [0.2, 0.25) is 0 Å². The molecule has 3 aromatic rings. The second-order valence-electron chi connectivity index (χ2n) is 8.54. The largest absolute Gasteiger partial charge is 0.378 e. The zero-order chi connectivity index (χ0) is 22.7. The number of likely N-dealkylation sites (tertiary alicyclic amines) is 1. The van der Waals surface area contributed by atoms with Crippen molar-refractivity contribution in [2.75, 3.05) is 32.1 Å².